The Bertz CT molecular complexity index is 767. The molecule has 0 aliphatic rings. The van der Waals surface area contributed by atoms with Crippen molar-refractivity contribution in [1.82, 2.24) is 5.32 Å². The highest BCUT2D eigenvalue weighted by Crippen LogP contribution is 2.43. The molecule has 0 aromatic rings. The molecule has 0 saturated carbocycles. The van der Waals surface area contributed by atoms with Crippen molar-refractivity contribution < 1.29 is 47.8 Å². The number of aliphatic hydroxyl groups excluding tert-OH is 1. The zero-order valence-corrected chi connectivity index (χ0v) is 27.7. The third-order valence-corrected chi connectivity index (χ3v) is 8.10. The zero-order chi connectivity index (χ0) is 32.2. The number of rotatable bonds is 31. The lowest BCUT2D eigenvalue weighted by atomic mass is 10.0. The van der Waals surface area contributed by atoms with Gasteiger partial charge in [-0.25, -0.2) is 9.36 Å². The van der Waals surface area contributed by atoms with Crippen LogP contribution in [0, 0.1) is 0 Å². The zero-order valence-electron chi connectivity index (χ0n) is 26.8. The quantitative estimate of drug-likeness (QED) is 0.0359. The molecule has 3 atom stereocenters. The summed E-state index contributed by atoms with van der Waals surface area (Å²) >= 11 is 0. The van der Waals surface area contributed by atoms with E-state index in [4.69, 9.17) is 13.8 Å². The fraction of sp³-hybridized carbons (Fsp3) is 0.903. The Labute approximate surface area is 259 Å². The van der Waals surface area contributed by atoms with Crippen molar-refractivity contribution in [3.05, 3.63) is 0 Å². The lowest BCUT2D eigenvalue weighted by molar-refractivity contribution is -0.147. The highest BCUT2D eigenvalue weighted by molar-refractivity contribution is 7.47. The lowest BCUT2D eigenvalue weighted by Crippen LogP contribution is -2.43. The van der Waals surface area contributed by atoms with E-state index >= 15 is 0 Å². The number of esters is 1. The number of ether oxygens (including phenoxy) is 1. The summed E-state index contributed by atoms with van der Waals surface area (Å²) in [6, 6.07) is -1.53. The molecule has 0 rings (SSSR count). The Morgan fingerprint density at radius 2 is 1.07 bits per heavy atom. The summed E-state index contributed by atoms with van der Waals surface area (Å²) in [6.45, 7) is 2.49. The van der Waals surface area contributed by atoms with Crippen molar-refractivity contribution in [3.8, 4) is 0 Å². The first-order valence-corrected chi connectivity index (χ1v) is 18.1. The highest BCUT2D eigenvalue weighted by Gasteiger charge is 2.28. The molecule has 0 aliphatic carbocycles. The van der Waals surface area contributed by atoms with Crippen LogP contribution in [-0.2, 0) is 32.7 Å². The number of phosphoric ester groups is 1. The molecule has 0 radical (unpaired) electrons. The van der Waals surface area contributed by atoms with Gasteiger partial charge in [0, 0.05) is 12.8 Å². The van der Waals surface area contributed by atoms with Gasteiger partial charge in [-0.15, -0.1) is 0 Å². The molecule has 1 amide bonds. The Balaban J connectivity index is 3.98. The van der Waals surface area contributed by atoms with Gasteiger partial charge in [-0.05, 0) is 12.8 Å². The predicted molar refractivity (Wildman–Crippen MR) is 167 cm³/mol. The summed E-state index contributed by atoms with van der Waals surface area (Å²) in [5, 5.41) is 21.5. The van der Waals surface area contributed by atoms with Crippen LogP contribution >= 0.6 is 7.82 Å². The van der Waals surface area contributed by atoms with E-state index in [1.54, 1.807) is 0 Å². The Morgan fingerprint density at radius 1 is 0.651 bits per heavy atom. The summed E-state index contributed by atoms with van der Waals surface area (Å²) in [5.74, 6) is -2.38. The van der Waals surface area contributed by atoms with E-state index in [-0.39, 0.29) is 12.8 Å². The summed E-state index contributed by atoms with van der Waals surface area (Å²) in [4.78, 5) is 45.3. The normalized spacial score (nSPS) is 14.1. The van der Waals surface area contributed by atoms with Crippen molar-refractivity contribution >= 4 is 25.7 Å². The number of aliphatic hydroxyl groups is 1. The summed E-state index contributed by atoms with van der Waals surface area (Å²) in [7, 11) is -4.73. The van der Waals surface area contributed by atoms with Gasteiger partial charge in [0.05, 0.1) is 13.2 Å². The predicted octanol–water partition coefficient (Wildman–Crippen LogP) is 6.83. The second-order valence-electron chi connectivity index (χ2n) is 11.4. The van der Waals surface area contributed by atoms with Gasteiger partial charge >= 0.3 is 19.8 Å². The molecule has 0 aromatic carbocycles. The van der Waals surface area contributed by atoms with Crippen molar-refractivity contribution in [3.63, 3.8) is 0 Å². The van der Waals surface area contributed by atoms with E-state index in [2.05, 4.69) is 19.2 Å². The molecule has 0 fully saturated rings. The molecule has 12 heteroatoms. The molecule has 0 heterocycles. The van der Waals surface area contributed by atoms with Crippen molar-refractivity contribution in [2.24, 2.45) is 0 Å². The number of amides is 1. The molecule has 4 N–H and O–H groups in total. The number of carbonyl (C=O) groups is 3. The molecule has 0 saturated heterocycles. The SMILES string of the molecule is CCCCCCCCCCCCCCC(=O)OCC(O)COP(=O)(O)OCC(NC(=O)CCCCCCCCC)C(=O)O. The van der Waals surface area contributed by atoms with Crippen LogP contribution < -0.4 is 5.32 Å². The van der Waals surface area contributed by atoms with Crippen molar-refractivity contribution in [2.75, 3.05) is 19.8 Å². The third kappa shape index (κ3) is 27.7. The van der Waals surface area contributed by atoms with Gasteiger partial charge < -0.3 is 25.2 Å². The minimum absolute atomic E-state index is 0.148. The third-order valence-electron chi connectivity index (χ3n) is 7.15. The van der Waals surface area contributed by atoms with E-state index in [1.807, 2.05) is 0 Å². The van der Waals surface area contributed by atoms with E-state index < -0.39 is 57.6 Å². The summed E-state index contributed by atoms with van der Waals surface area (Å²) < 4.78 is 26.5. The van der Waals surface area contributed by atoms with Crippen LogP contribution in [0.25, 0.3) is 0 Å². The van der Waals surface area contributed by atoms with E-state index in [0.29, 0.717) is 12.8 Å². The number of unbranched alkanes of at least 4 members (excludes halogenated alkanes) is 17. The number of carboxylic acids is 1. The molecule has 3 unspecified atom stereocenters. The second-order valence-corrected chi connectivity index (χ2v) is 12.8. The average Bonchev–Trinajstić information content (AvgIpc) is 2.97. The molecule has 254 valence electrons. The number of phosphoric acid groups is 1. The minimum Gasteiger partial charge on any atom is -0.480 e. The molecule has 0 aromatic heterocycles. The van der Waals surface area contributed by atoms with E-state index in [9.17, 15) is 34.1 Å². The van der Waals surface area contributed by atoms with Gasteiger partial charge in [0.2, 0.25) is 5.91 Å². The van der Waals surface area contributed by atoms with Gasteiger partial charge in [-0.3, -0.25) is 18.6 Å². The second kappa shape index (κ2) is 28.0. The van der Waals surface area contributed by atoms with Gasteiger partial charge in [-0.2, -0.15) is 0 Å². The summed E-state index contributed by atoms with van der Waals surface area (Å²) in [6.07, 6.45) is 20.3. The number of carboxylic acid groups (broad SMARTS) is 1. The monoisotopic (exact) mass is 637 g/mol. The maximum atomic E-state index is 12.1. The molecule has 43 heavy (non-hydrogen) atoms. The number of carbonyl (C=O) groups excluding carboxylic acids is 2. The lowest BCUT2D eigenvalue weighted by Gasteiger charge is -2.18. The molecular formula is C31H60NO10P. The van der Waals surface area contributed by atoms with Crippen molar-refractivity contribution in [2.45, 2.75) is 161 Å². The van der Waals surface area contributed by atoms with Crippen molar-refractivity contribution in [1.29, 1.82) is 0 Å². The fourth-order valence-electron chi connectivity index (χ4n) is 4.49. The van der Waals surface area contributed by atoms with Crippen LogP contribution in [0.4, 0.5) is 0 Å². The largest absolute Gasteiger partial charge is 0.480 e. The van der Waals surface area contributed by atoms with E-state index in [0.717, 1.165) is 51.4 Å². The number of aliphatic carboxylic acids is 1. The molecule has 0 spiro atoms. The van der Waals surface area contributed by atoms with Gasteiger partial charge in [0.15, 0.2) is 6.04 Å². The highest BCUT2D eigenvalue weighted by atomic mass is 31.2. The van der Waals surface area contributed by atoms with Crippen LogP contribution in [0.15, 0.2) is 0 Å². The number of nitrogens with one attached hydrogen (secondary N) is 1. The van der Waals surface area contributed by atoms with Crippen LogP contribution in [-0.4, -0.2) is 64.9 Å². The first-order valence-electron chi connectivity index (χ1n) is 16.6. The van der Waals surface area contributed by atoms with E-state index in [1.165, 1.54) is 57.8 Å². The topological polar surface area (TPSA) is 169 Å². The Hall–Kier alpha value is -1.52. The maximum Gasteiger partial charge on any atom is 0.472 e. The standard InChI is InChI=1S/C31H60NO10P/c1-3-5-7-9-11-12-13-14-15-17-19-21-23-30(35)40-24-27(33)25-41-43(38,39)42-26-28(31(36)37)32-29(34)22-20-18-16-10-8-6-4-2/h27-28,33H,3-26H2,1-2H3,(H,32,34)(H,36,37)(H,38,39). The maximum absolute atomic E-state index is 12.1. The number of hydrogen-bond acceptors (Lipinski definition) is 8. The Kier molecular flexibility index (Phi) is 27.0. The first kappa shape index (κ1) is 41.5. The average molecular weight is 638 g/mol. The van der Waals surface area contributed by atoms with Gasteiger partial charge in [-0.1, -0.05) is 123 Å². The minimum atomic E-state index is -4.73. The Morgan fingerprint density at radius 3 is 1.53 bits per heavy atom. The van der Waals surface area contributed by atoms with Gasteiger partial charge in [0.1, 0.15) is 12.7 Å². The van der Waals surface area contributed by atoms with Crippen LogP contribution in [0.1, 0.15) is 149 Å². The smallest absolute Gasteiger partial charge is 0.472 e. The molecule has 0 bridgehead atoms. The summed E-state index contributed by atoms with van der Waals surface area (Å²) in [5.41, 5.74) is 0. The van der Waals surface area contributed by atoms with Crippen LogP contribution in [0.2, 0.25) is 0 Å². The first-order chi connectivity index (χ1) is 20.6. The fourth-order valence-corrected chi connectivity index (χ4v) is 5.26. The molecular weight excluding hydrogens is 577 g/mol. The molecule has 0 aliphatic heterocycles. The van der Waals surface area contributed by atoms with Crippen LogP contribution in [0.5, 0.6) is 0 Å². The van der Waals surface area contributed by atoms with Gasteiger partial charge in [0.25, 0.3) is 0 Å². The molecule has 11 nitrogen and oxygen atoms in total. The number of hydrogen-bond donors (Lipinski definition) is 4. The van der Waals surface area contributed by atoms with Crippen LogP contribution in [0.3, 0.4) is 0 Å².